The SMILES string of the molecule is CN1CC[C@H](N(C)C(=O)c2cccnc2OCC(F)(F)F)C1=O. The van der Waals surface area contributed by atoms with Crippen LogP contribution in [0.1, 0.15) is 16.8 Å². The lowest BCUT2D eigenvalue weighted by Crippen LogP contribution is -2.42. The van der Waals surface area contributed by atoms with Gasteiger partial charge in [0.15, 0.2) is 6.61 Å². The van der Waals surface area contributed by atoms with Gasteiger partial charge in [-0.15, -0.1) is 0 Å². The number of nitrogens with zero attached hydrogens (tertiary/aromatic N) is 3. The van der Waals surface area contributed by atoms with Crippen LogP contribution in [-0.2, 0) is 4.79 Å². The van der Waals surface area contributed by atoms with Crippen molar-refractivity contribution >= 4 is 11.8 Å². The minimum absolute atomic E-state index is 0.110. The molecule has 0 radical (unpaired) electrons. The van der Waals surface area contributed by atoms with Crippen molar-refractivity contribution in [1.82, 2.24) is 14.8 Å². The Morgan fingerprint density at radius 3 is 2.78 bits per heavy atom. The molecular weight excluding hydrogens is 315 g/mol. The van der Waals surface area contributed by atoms with Crippen molar-refractivity contribution in [3.05, 3.63) is 23.9 Å². The third kappa shape index (κ3) is 3.91. The number of ether oxygens (including phenoxy) is 1. The highest BCUT2D eigenvalue weighted by molar-refractivity contribution is 5.99. The number of carbonyl (C=O) groups excluding carboxylic acids is 2. The van der Waals surface area contributed by atoms with Crippen LogP contribution in [0.3, 0.4) is 0 Å². The Kier molecular flexibility index (Phi) is 4.76. The summed E-state index contributed by atoms with van der Waals surface area (Å²) in [6, 6.07) is 2.10. The van der Waals surface area contributed by atoms with Crippen LogP contribution in [0.4, 0.5) is 13.2 Å². The van der Waals surface area contributed by atoms with E-state index in [2.05, 4.69) is 9.72 Å². The van der Waals surface area contributed by atoms with E-state index < -0.39 is 30.6 Å². The summed E-state index contributed by atoms with van der Waals surface area (Å²) in [5.41, 5.74) is -0.110. The number of alkyl halides is 3. The Bertz CT molecular complexity index is 606. The number of pyridine rings is 1. The molecule has 126 valence electrons. The number of likely N-dealkylation sites (tertiary alicyclic amines) is 1. The van der Waals surface area contributed by atoms with Gasteiger partial charge >= 0.3 is 6.18 Å². The van der Waals surface area contributed by atoms with E-state index in [1.54, 1.807) is 7.05 Å². The number of halogens is 3. The van der Waals surface area contributed by atoms with Crippen LogP contribution in [0.15, 0.2) is 18.3 Å². The van der Waals surface area contributed by atoms with Crippen molar-refractivity contribution in [2.45, 2.75) is 18.6 Å². The Balaban J connectivity index is 2.17. The minimum Gasteiger partial charge on any atom is -0.467 e. The smallest absolute Gasteiger partial charge is 0.422 e. The van der Waals surface area contributed by atoms with Gasteiger partial charge in [0.2, 0.25) is 11.8 Å². The summed E-state index contributed by atoms with van der Waals surface area (Å²) >= 11 is 0. The maximum Gasteiger partial charge on any atom is 0.422 e. The van der Waals surface area contributed by atoms with Gasteiger partial charge in [0, 0.05) is 26.8 Å². The summed E-state index contributed by atoms with van der Waals surface area (Å²) in [4.78, 5) is 30.8. The van der Waals surface area contributed by atoms with Gasteiger partial charge in [-0.25, -0.2) is 4.98 Å². The van der Waals surface area contributed by atoms with Gasteiger partial charge in [-0.05, 0) is 18.6 Å². The topological polar surface area (TPSA) is 62.7 Å². The molecule has 1 fully saturated rings. The standard InChI is InChI=1S/C14H16F3N3O3/c1-19-7-5-10(13(19)22)20(2)12(21)9-4-3-6-18-11(9)23-8-14(15,16)17/h3-4,6,10H,5,7-8H2,1-2H3/t10-/m0/s1. The first-order valence-electron chi connectivity index (χ1n) is 6.87. The predicted octanol–water partition coefficient (Wildman–Crippen LogP) is 1.33. The molecule has 2 heterocycles. The number of hydrogen-bond donors (Lipinski definition) is 0. The Morgan fingerprint density at radius 1 is 1.52 bits per heavy atom. The number of rotatable bonds is 4. The van der Waals surface area contributed by atoms with Crippen LogP contribution in [0, 0.1) is 0 Å². The van der Waals surface area contributed by atoms with E-state index in [4.69, 9.17) is 0 Å². The monoisotopic (exact) mass is 331 g/mol. The first-order chi connectivity index (χ1) is 10.7. The van der Waals surface area contributed by atoms with Crippen molar-refractivity contribution < 1.29 is 27.5 Å². The maximum atomic E-state index is 12.5. The summed E-state index contributed by atoms with van der Waals surface area (Å²) < 4.78 is 41.4. The fourth-order valence-electron chi connectivity index (χ4n) is 2.31. The van der Waals surface area contributed by atoms with Crippen LogP contribution < -0.4 is 4.74 Å². The summed E-state index contributed by atoms with van der Waals surface area (Å²) in [6.45, 7) is -1.02. The third-order valence-corrected chi connectivity index (χ3v) is 3.56. The van der Waals surface area contributed by atoms with Gasteiger partial charge in [-0.2, -0.15) is 13.2 Å². The average Bonchev–Trinajstić information content (AvgIpc) is 2.83. The van der Waals surface area contributed by atoms with Gasteiger partial charge in [0.05, 0.1) is 0 Å². The highest BCUT2D eigenvalue weighted by atomic mass is 19.4. The van der Waals surface area contributed by atoms with Gasteiger partial charge in [0.25, 0.3) is 5.91 Å². The molecule has 1 aromatic heterocycles. The summed E-state index contributed by atoms with van der Waals surface area (Å²) in [5, 5.41) is 0. The Hall–Kier alpha value is -2.32. The molecule has 6 nitrogen and oxygen atoms in total. The molecule has 0 bridgehead atoms. The number of likely N-dealkylation sites (N-methyl/N-ethyl adjacent to an activating group) is 2. The zero-order chi connectivity index (χ0) is 17.2. The fraction of sp³-hybridized carbons (Fsp3) is 0.500. The van der Waals surface area contributed by atoms with Crippen molar-refractivity contribution in [1.29, 1.82) is 0 Å². The van der Waals surface area contributed by atoms with Gasteiger partial charge in [0.1, 0.15) is 11.6 Å². The first-order valence-corrected chi connectivity index (χ1v) is 6.87. The number of carbonyl (C=O) groups is 2. The van der Waals surface area contributed by atoms with E-state index in [1.807, 2.05) is 0 Å². The lowest BCUT2D eigenvalue weighted by molar-refractivity contribution is -0.154. The van der Waals surface area contributed by atoms with E-state index in [0.717, 1.165) is 0 Å². The Morgan fingerprint density at radius 2 is 2.22 bits per heavy atom. The second kappa shape index (κ2) is 6.43. The fourth-order valence-corrected chi connectivity index (χ4v) is 2.31. The van der Waals surface area contributed by atoms with E-state index in [1.165, 1.54) is 35.2 Å². The molecule has 0 spiro atoms. The number of aromatic nitrogens is 1. The lowest BCUT2D eigenvalue weighted by atomic mass is 10.1. The summed E-state index contributed by atoms with van der Waals surface area (Å²) in [7, 11) is 3.06. The number of hydrogen-bond acceptors (Lipinski definition) is 4. The Labute approximate surface area is 130 Å². The quantitative estimate of drug-likeness (QED) is 0.835. The highest BCUT2D eigenvalue weighted by Crippen LogP contribution is 2.23. The van der Waals surface area contributed by atoms with E-state index in [9.17, 15) is 22.8 Å². The third-order valence-electron chi connectivity index (χ3n) is 3.56. The van der Waals surface area contributed by atoms with Crippen molar-refractivity contribution in [2.75, 3.05) is 27.2 Å². The maximum absolute atomic E-state index is 12.5. The molecule has 0 aromatic carbocycles. The van der Waals surface area contributed by atoms with Crippen LogP contribution >= 0.6 is 0 Å². The molecule has 1 aliphatic heterocycles. The number of amides is 2. The van der Waals surface area contributed by atoms with Gasteiger partial charge in [-0.1, -0.05) is 0 Å². The summed E-state index contributed by atoms with van der Waals surface area (Å²) in [5.74, 6) is -1.22. The van der Waals surface area contributed by atoms with Crippen molar-refractivity contribution in [3.8, 4) is 5.88 Å². The van der Waals surface area contributed by atoms with Crippen LogP contribution in [0.5, 0.6) is 5.88 Å². The highest BCUT2D eigenvalue weighted by Gasteiger charge is 2.36. The van der Waals surface area contributed by atoms with Gasteiger partial charge in [-0.3, -0.25) is 9.59 Å². The molecule has 2 rings (SSSR count). The molecule has 1 atom stereocenters. The molecule has 1 saturated heterocycles. The zero-order valence-electron chi connectivity index (χ0n) is 12.6. The van der Waals surface area contributed by atoms with Crippen LogP contribution in [-0.4, -0.2) is 66.1 Å². The molecule has 0 saturated carbocycles. The average molecular weight is 331 g/mol. The van der Waals surface area contributed by atoms with E-state index >= 15 is 0 Å². The summed E-state index contributed by atoms with van der Waals surface area (Å²) in [6.07, 6.45) is -2.83. The molecule has 0 aliphatic carbocycles. The molecule has 9 heteroatoms. The second-order valence-corrected chi connectivity index (χ2v) is 5.24. The minimum atomic E-state index is -4.53. The van der Waals surface area contributed by atoms with Crippen molar-refractivity contribution in [3.63, 3.8) is 0 Å². The van der Waals surface area contributed by atoms with E-state index in [0.29, 0.717) is 13.0 Å². The molecule has 2 amide bonds. The largest absolute Gasteiger partial charge is 0.467 e. The molecule has 0 N–H and O–H groups in total. The van der Waals surface area contributed by atoms with Crippen molar-refractivity contribution in [2.24, 2.45) is 0 Å². The van der Waals surface area contributed by atoms with E-state index in [-0.39, 0.29) is 11.5 Å². The molecule has 0 unspecified atom stereocenters. The van der Waals surface area contributed by atoms with Gasteiger partial charge < -0.3 is 14.5 Å². The van der Waals surface area contributed by atoms with Crippen LogP contribution in [0.2, 0.25) is 0 Å². The predicted molar refractivity (Wildman–Crippen MR) is 73.9 cm³/mol. The molecule has 23 heavy (non-hydrogen) atoms. The molecular formula is C14H16F3N3O3. The second-order valence-electron chi connectivity index (χ2n) is 5.24. The van der Waals surface area contributed by atoms with Crippen LogP contribution in [0.25, 0.3) is 0 Å². The first kappa shape index (κ1) is 17.0. The lowest BCUT2D eigenvalue weighted by Gasteiger charge is -2.23. The molecule has 1 aliphatic rings. The zero-order valence-corrected chi connectivity index (χ0v) is 12.6. The normalized spacial score (nSPS) is 18.2. The molecule has 1 aromatic rings.